The minimum Gasteiger partial charge on any atom is -0.330 e. The molecule has 0 spiro atoms. The van der Waals surface area contributed by atoms with Crippen LogP contribution in [0, 0.1) is 0 Å². The Morgan fingerprint density at radius 3 is 1.73 bits per heavy atom. The van der Waals surface area contributed by atoms with Gasteiger partial charge in [-0.05, 0) is 78.3 Å². The van der Waals surface area contributed by atoms with Gasteiger partial charge in [0.1, 0.15) is 23.2 Å². The lowest BCUT2D eigenvalue weighted by Gasteiger charge is -2.28. The summed E-state index contributed by atoms with van der Waals surface area (Å²) in [5, 5.41) is 4.19. The van der Waals surface area contributed by atoms with Gasteiger partial charge in [0.2, 0.25) is 0 Å². The lowest BCUT2D eigenvalue weighted by Crippen LogP contribution is -2.32. The summed E-state index contributed by atoms with van der Waals surface area (Å²) in [6.45, 7) is 0.608. The van der Waals surface area contributed by atoms with Gasteiger partial charge in [0.25, 0.3) is 0 Å². The fourth-order valence-corrected chi connectivity index (χ4v) is 9.13. The first-order chi connectivity index (χ1) is 18.3. The van der Waals surface area contributed by atoms with Crippen molar-refractivity contribution in [1.82, 2.24) is 4.98 Å². The molecule has 0 saturated heterocycles. The van der Waals surface area contributed by atoms with Crippen LogP contribution in [-0.2, 0) is 12.6 Å². The molecule has 1 aromatic heterocycles. The third-order valence-electron chi connectivity index (χ3n) is 6.64. The van der Waals surface area contributed by atoms with Crippen LogP contribution in [-0.4, -0.2) is 11.5 Å². The maximum Gasteiger partial charge on any atom is 0.116 e. The second kappa shape index (κ2) is 11.9. The first kappa shape index (κ1) is 24.8. The lowest BCUT2D eigenvalue weighted by atomic mass is 10.1. The molecule has 0 unspecified atom stereocenters. The Bertz CT molecular complexity index is 1350. The van der Waals surface area contributed by atoms with E-state index in [9.17, 15) is 0 Å². The molecule has 1 heterocycles. The van der Waals surface area contributed by atoms with Crippen molar-refractivity contribution in [1.29, 1.82) is 0 Å². The van der Waals surface area contributed by atoms with Crippen molar-refractivity contribution < 1.29 is 0 Å². The molecule has 0 bridgehead atoms. The van der Waals surface area contributed by atoms with Crippen molar-refractivity contribution >= 4 is 35.3 Å². The fraction of sp³-hybridized carbons (Fsp3) is 0.0882. The van der Waals surface area contributed by atoms with Crippen molar-refractivity contribution in [3.8, 4) is 0 Å². The Morgan fingerprint density at radius 2 is 1.16 bits per heavy atom. The Kier molecular flexibility index (Phi) is 8.01. The predicted molar refractivity (Wildman–Crippen MR) is 161 cm³/mol. The molecular weight excluding hydrogens is 467 g/mol. The number of hydrogen-bond acceptors (Lipinski definition) is 2. The second-order valence-corrected chi connectivity index (χ2v) is 12.6. The quantitative estimate of drug-likeness (QED) is 0.244. The molecule has 0 aliphatic heterocycles. The van der Waals surface area contributed by atoms with E-state index in [1.807, 2.05) is 18.2 Å². The number of hydrogen-bond donors (Lipinski definition) is 1. The van der Waals surface area contributed by atoms with Crippen molar-refractivity contribution in [2.75, 3.05) is 6.54 Å². The molecule has 37 heavy (non-hydrogen) atoms. The van der Waals surface area contributed by atoms with Gasteiger partial charge in [-0.15, -0.1) is 0 Å². The minimum atomic E-state index is -1.93. The predicted octanol–water partition coefficient (Wildman–Crippen LogP) is 6.25. The van der Waals surface area contributed by atoms with E-state index in [1.165, 1.54) is 27.0 Å². The summed E-state index contributed by atoms with van der Waals surface area (Å²) in [4.78, 5) is 4.72. The number of pyridine rings is 1. The van der Waals surface area contributed by atoms with Crippen molar-refractivity contribution in [2.24, 2.45) is 5.73 Å². The number of nitrogens with zero attached hydrogens (tertiary/aromatic N) is 1. The highest BCUT2D eigenvalue weighted by Crippen LogP contribution is 2.58. The Morgan fingerprint density at radius 1 is 0.595 bits per heavy atom. The number of nitrogens with two attached hydrogens (primary N) is 1. The summed E-state index contributed by atoms with van der Waals surface area (Å²) in [7, 11) is -1.93. The fourth-order valence-electron chi connectivity index (χ4n) is 4.90. The van der Waals surface area contributed by atoms with Gasteiger partial charge in [0, 0.05) is 12.1 Å². The molecule has 5 rings (SSSR count). The summed E-state index contributed by atoms with van der Waals surface area (Å²) in [5.41, 5.74) is 10.2. The highest BCUT2D eigenvalue weighted by molar-refractivity contribution is 7.95. The zero-order valence-electron chi connectivity index (χ0n) is 20.9. The summed E-state index contributed by atoms with van der Waals surface area (Å²) in [5.74, 6) is 0. The third kappa shape index (κ3) is 5.78. The van der Waals surface area contributed by atoms with Crippen molar-refractivity contribution in [3.63, 3.8) is 0 Å². The van der Waals surface area contributed by atoms with Gasteiger partial charge >= 0.3 is 0 Å². The third-order valence-corrected chi connectivity index (χ3v) is 11.0. The van der Waals surface area contributed by atoms with E-state index in [4.69, 9.17) is 10.7 Å². The Balaban J connectivity index is 1.56. The summed E-state index contributed by atoms with van der Waals surface area (Å²) >= 11 is 0. The molecule has 0 amide bonds. The van der Waals surface area contributed by atoms with Crippen LogP contribution in [0.1, 0.15) is 22.5 Å². The van der Waals surface area contributed by atoms with Gasteiger partial charge in [-0.25, -0.2) is 0 Å². The van der Waals surface area contributed by atoms with E-state index < -0.39 is 7.26 Å². The number of rotatable bonds is 9. The molecule has 0 radical (unpaired) electrons. The highest BCUT2D eigenvalue weighted by Gasteiger charge is 2.45. The van der Waals surface area contributed by atoms with Crippen LogP contribution in [0.4, 0.5) is 0 Å². The minimum absolute atomic E-state index is 0.608. The maximum absolute atomic E-state index is 5.71. The van der Waals surface area contributed by atoms with Crippen LogP contribution in [0.3, 0.4) is 0 Å². The lowest BCUT2D eigenvalue weighted by molar-refractivity contribution is 0.920. The molecule has 3 heteroatoms. The van der Waals surface area contributed by atoms with Crippen molar-refractivity contribution in [3.05, 3.63) is 156 Å². The molecular formula is C34H32N2P+. The maximum atomic E-state index is 5.71. The second-order valence-electron chi connectivity index (χ2n) is 9.15. The first-order valence-electron chi connectivity index (χ1n) is 12.8. The molecule has 0 aliphatic carbocycles. The summed E-state index contributed by atoms with van der Waals surface area (Å²) in [6.07, 6.45) is 6.00. The SMILES string of the molecule is NCCc1cccc(/C=C\c2cccc(C[P+](c3ccccc3)(c3ccccc3)c3ccccc3)c2)n1. The first-order valence-corrected chi connectivity index (χ1v) is 14.7. The molecule has 4 aromatic carbocycles. The average molecular weight is 500 g/mol. The van der Waals surface area contributed by atoms with Gasteiger partial charge in [0.15, 0.2) is 0 Å². The number of benzene rings is 4. The van der Waals surface area contributed by atoms with E-state index in [1.54, 1.807) is 0 Å². The molecule has 0 atom stereocenters. The monoisotopic (exact) mass is 499 g/mol. The van der Waals surface area contributed by atoms with Crippen LogP contribution in [0.2, 0.25) is 0 Å². The zero-order chi connectivity index (χ0) is 25.3. The molecule has 5 aromatic rings. The van der Waals surface area contributed by atoms with E-state index in [0.717, 1.165) is 24.0 Å². The van der Waals surface area contributed by atoms with Crippen LogP contribution in [0.5, 0.6) is 0 Å². The van der Waals surface area contributed by atoms with Gasteiger partial charge in [0.05, 0.1) is 11.9 Å². The van der Waals surface area contributed by atoms with Gasteiger partial charge < -0.3 is 5.73 Å². The number of aromatic nitrogens is 1. The molecule has 182 valence electrons. The van der Waals surface area contributed by atoms with Gasteiger partial charge in [-0.1, -0.05) is 84.9 Å². The Hall–Kier alpha value is -3.84. The smallest absolute Gasteiger partial charge is 0.116 e. The van der Waals surface area contributed by atoms with E-state index in [0.29, 0.717) is 6.54 Å². The van der Waals surface area contributed by atoms with E-state index in [-0.39, 0.29) is 0 Å². The van der Waals surface area contributed by atoms with Crippen molar-refractivity contribution in [2.45, 2.75) is 12.6 Å². The molecule has 0 aliphatic rings. The van der Waals surface area contributed by atoms with Crippen LogP contribution in [0.15, 0.2) is 133 Å². The van der Waals surface area contributed by atoms with E-state index >= 15 is 0 Å². The van der Waals surface area contributed by atoms with E-state index in [2.05, 4.69) is 127 Å². The van der Waals surface area contributed by atoms with Crippen LogP contribution >= 0.6 is 7.26 Å². The van der Waals surface area contributed by atoms with Crippen LogP contribution in [0.25, 0.3) is 12.2 Å². The largest absolute Gasteiger partial charge is 0.330 e. The summed E-state index contributed by atoms with van der Waals surface area (Å²) < 4.78 is 0. The van der Waals surface area contributed by atoms with Gasteiger partial charge in [-0.3, -0.25) is 4.98 Å². The highest BCUT2D eigenvalue weighted by atomic mass is 31.2. The summed E-state index contributed by atoms with van der Waals surface area (Å²) in [6, 6.07) is 48.2. The topological polar surface area (TPSA) is 38.9 Å². The molecule has 2 nitrogen and oxygen atoms in total. The van der Waals surface area contributed by atoms with Gasteiger partial charge in [-0.2, -0.15) is 0 Å². The normalized spacial score (nSPS) is 11.6. The zero-order valence-corrected chi connectivity index (χ0v) is 21.8. The standard InChI is InChI=1S/C34H32N2P/c35-25-24-31-15-11-14-30(36-31)23-22-28-12-10-13-29(26-28)27-37(32-16-4-1-5-17-32,33-18-6-2-7-19-33)34-20-8-3-9-21-34/h1-23,26H,24-25,27,35H2/q+1/b23-22-. The Labute approximate surface area is 220 Å². The molecule has 0 saturated carbocycles. The average Bonchev–Trinajstić information content (AvgIpc) is 2.97. The molecule has 2 N–H and O–H groups in total. The molecule has 0 fully saturated rings. The van der Waals surface area contributed by atoms with Crippen LogP contribution < -0.4 is 21.6 Å².